The highest BCUT2D eigenvalue weighted by Crippen LogP contribution is 2.20. The Bertz CT molecular complexity index is 1080. The number of carbonyl (C=O) groups is 2. The van der Waals surface area contributed by atoms with Crippen molar-refractivity contribution in [2.24, 2.45) is 0 Å². The van der Waals surface area contributed by atoms with Crippen LogP contribution < -0.4 is 15.4 Å². The fourth-order valence-corrected chi connectivity index (χ4v) is 3.65. The molecule has 0 spiro atoms. The smallest absolute Gasteiger partial charge is 0.234 e. The molecule has 32 heavy (non-hydrogen) atoms. The molecular formula is C22H22ClN5O3S. The molecular weight excluding hydrogens is 450 g/mol. The summed E-state index contributed by atoms with van der Waals surface area (Å²) in [7, 11) is 1.58. The largest absolute Gasteiger partial charge is 0.497 e. The van der Waals surface area contributed by atoms with Crippen LogP contribution in [0.25, 0.3) is 0 Å². The maximum Gasteiger partial charge on any atom is 0.234 e. The van der Waals surface area contributed by atoms with Crippen LogP contribution in [-0.2, 0) is 22.6 Å². The number of halogens is 1. The standard InChI is InChI=1S/C22H22ClN5O3S/c1-3-12-28-19(13-20(29)24-17-8-10-18(31-2)11-9-17)26-27-22(28)32-14-21(30)25-16-6-4-15(23)5-7-16/h3-11H,1,12-14H2,2H3,(H,24,29)(H,25,30). The minimum absolute atomic E-state index is 0.0321. The van der Waals surface area contributed by atoms with Gasteiger partial charge < -0.3 is 19.9 Å². The van der Waals surface area contributed by atoms with E-state index in [4.69, 9.17) is 16.3 Å². The number of hydrogen-bond donors (Lipinski definition) is 2. The predicted molar refractivity (Wildman–Crippen MR) is 126 cm³/mol. The van der Waals surface area contributed by atoms with Gasteiger partial charge in [-0.3, -0.25) is 9.59 Å². The maximum atomic E-state index is 12.5. The van der Waals surface area contributed by atoms with Gasteiger partial charge in [0, 0.05) is 22.9 Å². The summed E-state index contributed by atoms with van der Waals surface area (Å²) in [5.41, 5.74) is 1.31. The van der Waals surface area contributed by atoms with E-state index in [9.17, 15) is 9.59 Å². The molecule has 3 aromatic rings. The summed E-state index contributed by atoms with van der Waals surface area (Å²) in [5, 5.41) is 15.0. The first-order valence-corrected chi connectivity index (χ1v) is 11.0. The number of nitrogens with one attached hydrogen (secondary N) is 2. The third kappa shape index (κ3) is 6.60. The van der Waals surface area contributed by atoms with Crippen molar-refractivity contribution in [1.82, 2.24) is 14.8 Å². The summed E-state index contributed by atoms with van der Waals surface area (Å²) < 4.78 is 6.88. The van der Waals surface area contributed by atoms with Gasteiger partial charge in [-0.1, -0.05) is 29.4 Å². The van der Waals surface area contributed by atoms with Gasteiger partial charge in [-0.25, -0.2) is 0 Å². The second kappa shape index (κ2) is 11.4. The maximum absolute atomic E-state index is 12.5. The normalized spacial score (nSPS) is 10.4. The molecule has 0 bridgehead atoms. The molecule has 1 aromatic heterocycles. The lowest BCUT2D eigenvalue weighted by atomic mass is 10.3. The molecule has 0 saturated carbocycles. The molecule has 0 aliphatic carbocycles. The Morgan fingerprint density at radius 3 is 2.31 bits per heavy atom. The number of anilines is 2. The number of thioether (sulfide) groups is 1. The molecule has 166 valence electrons. The summed E-state index contributed by atoms with van der Waals surface area (Å²) in [5.74, 6) is 0.900. The molecule has 0 fully saturated rings. The first-order chi connectivity index (χ1) is 15.5. The van der Waals surface area contributed by atoms with Crippen LogP contribution in [-0.4, -0.2) is 39.4 Å². The molecule has 1 heterocycles. The zero-order valence-electron chi connectivity index (χ0n) is 17.4. The highest BCUT2D eigenvalue weighted by Gasteiger charge is 2.16. The average molecular weight is 472 g/mol. The van der Waals surface area contributed by atoms with Gasteiger partial charge in [0.1, 0.15) is 11.6 Å². The quantitative estimate of drug-likeness (QED) is 0.342. The van der Waals surface area contributed by atoms with E-state index in [1.807, 2.05) is 0 Å². The highest BCUT2D eigenvalue weighted by atomic mass is 35.5. The van der Waals surface area contributed by atoms with Gasteiger partial charge >= 0.3 is 0 Å². The number of allylic oxidation sites excluding steroid dienone is 1. The lowest BCUT2D eigenvalue weighted by Gasteiger charge is -2.09. The van der Waals surface area contributed by atoms with Crippen molar-refractivity contribution in [3.8, 4) is 5.75 Å². The number of aromatic nitrogens is 3. The number of ether oxygens (including phenoxy) is 1. The van der Waals surface area contributed by atoms with Crippen molar-refractivity contribution >= 4 is 46.6 Å². The van der Waals surface area contributed by atoms with E-state index >= 15 is 0 Å². The molecule has 2 aromatic carbocycles. The second-order valence-electron chi connectivity index (χ2n) is 6.60. The summed E-state index contributed by atoms with van der Waals surface area (Å²) >= 11 is 7.09. The van der Waals surface area contributed by atoms with Crippen LogP contribution in [0.2, 0.25) is 5.02 Å². The highest BCUT2D eigenvalue weighted by molar-refractivity contribution is 7.99. The molecule has 0 radical (unpaired) electrons. The zero-order chi connectivity index (χ0) is 22.9. The minimum atomic E-state index is -0.232. The molecule has 0 aliphatic heterocycles. The number of benzene rings is 2. The first kappa shape index (κ1) is 23.4. The van der Waals surface area contributed by atoms with Crippen molar-refractivity contribution in [3.63, 3.8) is 0 Å². The Kier molecular flexibility index (Phi) is 8.29. The van der Waals surface area contributed by atoms with Crippen molar-refractivity contribution in [1.29, 1.82) is 0 Å². The Morgan fingerprint density at radius 1 is 1.06 bits per heavy atom. The van der Waals surface area contributed by atoms with Crippen LogP contribution in [0.4, 0.5) is 11.4 Å². The first-order valence-electron chi connectivity index (χ1n) is 9.63. The van der Waals surface area contributed by atoms with Gasteiger partial charge in [-0.2, -0.15) is 0 Å². The second-order valence-corrected chi connectivity index (χ2v) is 7.97. The summed E-state index contributed by atoms with van der Waals surface area (Å²) in [4.78, 5) is 24.7. The fraction of sp³-hybridized carbons (Fsp3) is 0.182. The molecule has 0 unspecified atom stereocenters. The van der Waals surface area contributed by atoms with Gasteiger partial charge in [0.25, 0.3) is 0 Å². The van der Waals surface area contributed by atoms with Crippen molar-refractivity contribution < 1.29 is 14.3 Å². The van der Waals surface area contributed by atoms with E-state index < -0.39 is 0 Å². The number of amides is 2. The molecule has 2 amide bonds. The number of hydrogen-bond acceptors (Lipinski definition) is 6. The molecule has 2 N–H and O–H groups in total. The number of methoxy groups -OCH3 is 1. The lowest BCUT2D eigenvalue weighted by molar-refractivity contribution is -0.116. The van der Waals surface area contributed by atoms with E-state index in [-0.39, 0.29) is 24.0 Å². The van der Waals surface area contributed by atoms with Gasteiger partial charge in [0.2, 0.25) is 11.8 Å². The van der Waals surface area contributed by atoms with Crippen LogP contribution in [0.3, 0.4) is 0 Å². The van der Waals surface area contributed by atoms with Crippen LogP contribution in [0.5, 0.6) is 5.75 Å². The van der Waals surface area contributed by atoms with Gasteiger partial charge in [-0.15, -0.1) is 16.8 Å². The van der Waals surface area contributed by atoms with Crippen LogP contribution in [0.1, 0.15) is 5.82 Å². The van der Waals surface area contributed by atoms with Gasteiger partial charge in [0.05, 0.1) is 19.3 Å². The number of carbonyl (C=O) groups excluding carboxylic acids is 2. The van der Waals surface area contributed by atoms with E-state index in [0.717, 1.165) is 0 Å². The molecule has 0 aliphatic rings. The van der Waals surface area contributed by atoms with Crippen molar-refractivity contribution in [2.45, 2.75) is 18.1 Å². The van der Waals surface area contributed by atoms with Gasteiger partial charge in [-0.05, 0) is 48.5 Å². The fourth-order valence-electron chi connectivity index (χ4n) is 2.75. The van der Waals surface area contributed by atoms with Gasteiger partial charge in [0.15, 0.2) is 5.16 Å². The van der Waals surface area contributed by atoms with Crippen LogP contribution in [0.15, 0.2) is 66.3 Å². The van der Waals surface area contributed by atoms with E-state index in [1.165, 1.54) is 11.8 Å². The van der Waals surface area contributed by atoms with E-state index in [0.29, 0.717) is 39.7 Å². The molecule has 8 nitrogen and oxygen atoms in total. The topological polar surface area (TPSA) is 98.1 Å². The summed E-state index contributed by atoms with van der Waals surface area (Å²) in [6.07, 6.45) is 1.72. The monoisotopic (exact) mass is 471 g/mol. The Labute approximate surface area is 195 Å². The van der Waals surface area contributed by atoms with Crippen molar-refractivity contribution in [2.75, 3.05) is 23.5 Å². The predicted octanol–water partition coefficient (Wildman–Crippen LogP) is 4.04. The lowest BCUT2D eigenvalue weighted by Crippen LogP contribution is -2.18. The zero-order valence-corrected chi connectivity index (χ0v) is 18.9. The third-order valence-corrected chi connectivity index (χ3v) is 5.48. The van der Waals surface area contributed by atoms with Crippen LogP contribution in [0, 0.1) is 0 Å². The van der Waals surface area contributed by atoms with E-state index in [1.54, 1.807) is 66.3 Å². The SMILES string of the molecule is C=CCn1c(CC(=O)Nc2ccc(OC)cc2)nnc1SCC(=O)Nc1ccc(Cl)cc1. The summed E-state index contributed by atoms with van der Waals surface area (Å²) in [6, 6.07) is 13.9. The van der Waals surface area contributed by atoms with E-state index in [2.05, 4.69) is 27.4 Å². The van der Waals surface area contributed by atoms with Crippen molar-refractivity contribution in [3.05, 3.63) is 72.0 Å². The average Bonchev–Trinajstić information content (AvgIpc) is 3.16. The minimum Gasteiger partial charge on any atom is -0.497 e. The third-order valence-electron chi connectivity index (χ3n) is 4.26. The number of nitrogens with zero attached hydrogens (tertiary/aromatic N) is 3. The Morgan fingerprint density at radius 2 is 1.69 bits per heavy atom. The van der Waals surface area contributed by atoms with Crippen LogP contribution >= 0.6 is 23.4 Å². The summed E-state index contributed by atoms with van der Waals surface area (Å²) in [6.45, 7) is 4.17. The Balaban J connectivity index is 1.59. The molecule has 0 saturated heterocycles. The molecule has 3 rings (SSSR count). The molecule has 10 heteroatoms. The molecule has 0 atom stereocenters. The number of rotatable bonds is 10. The Hall–Kier alpha value is -3.30.